The molecule has 170 valence electrons. The van der Waals surface area contributed by atoms with Gasteiger partial charge in [-0.15, -0.1) is 0 Å². The molecule has 1 aliphatic heterocycles. The first kappa shape index (κ1) is 21.7. The number of hydrogen-bond donors (Lipinski definition) is 0. The first-order chi connectivity index (χ1) is 16.5. The summed E-state index contributed by atoms with van der Waals surface area (Å²) in [4.78, 5) is 35.6. The molecule has 1 aliphatic rings. The van der Waals surface area contributed by atoms with Gasteiger partial charge in [-0.05, 0) is 56.5 Å². The number of fused-ring (bicyclic) bond motifs is 2. The summed E-state index contributed by atoms with van der Waals surface area (Å²) in [6.45, 7) is 4.80. The van der Waals surface area contributed by atoms with E-state index in [-0.39, 0.29) is 22.7 Å². The van der Waals surface area contributed by atoms with Gasteiger partial charge in [-0.25, -0.2) is 4.98 Å². The molecule has 0 spiro atoms. The van der Waals surface area contributed by atoms with E-state index in [1.165, 1.54) is 10.5 Å². The molecule has 5 rings (SSSR count). The minimum Gasteiger partial charge on any atom is -0.376 e. The van der Waals surface area contributed by atoms with Crippen molar-refractivity contribution < 1.29 is 9.53 Å². The number of ether oxygens (including phenoxy) is 1. The van der Waals surface area contributed by atoms with E-state index in [9.17, 15) is 14.9 Å². The summed E-state index contributed by atoms with van der Waals surface area (Å²) in [5.41, 5.74) is 3.21. The Labute approximate surface area is 195 Å². The van der Waals surface area contributed by atoms with Gasteiger partial charge in [0.05, 0.1) is 23.6 Å². The molecule has 0 aliphatic carbocycles. The van der Waals surface area contributed by atoms with Crippen LogP contribution < -0.4 is 11.0 Å². The molecular weight excluding hydrogens is 430 g/mol. The van der Waals surface area contributed by atoms with Crippen molar-refractivity contribution in [2.75, 3.05) is 6.61 Å². The van der Waals surface area contributed by atoms with Crippen molar-refractivity contribution in [1.29, 1.82) is 5.26 Å². The lowest BCUT2D eigenvalue weighted by Gasteiger charge is -2.17. The molecule has 8 nitrogen and oxygen atoms in total. The van der Waals surface area contributed by atoms with Crippen LogP contribution in [-0.2, 0) is 11.3 Å². The van der Waals surface area contributed by atoms with Gasteiger partial charge in [-0.3, -0.25) is 14.0 Å². The summed E-state index contributed by atoms with van der Waals surface area (Å²) in [6, 6.07) is 14.4. The zero-order valence-electron chi connectivity index (χ0n) is 19.0. The molecule has 8 heteroatoms. The monoisotopic (exact) mass is 453 g/mol. The molecule has 3 aromatic heterocycles. The number of amides is 1. The van der Waals surface area contributed by atoms with Crippen molar-refractivity contribution in [3.63, 3.8) is 0 Å². The Morgan fingerprint density at radius 2 is 2.03 bits per heavy atom. The van der Waals surface area contributed by atoms with Crippen molar-refractivity contribution in [1.82, 2.24) is 14.0 Å². The fourth-order valence-electron chi connectivity index (χ4n) is 4.31. The lowest BCUT2D eigenvalue weighted by atomic mass is 10.1. The van der Waals surface area contributed by atoms with E-state index < -0.39 is 5.91 Å². The topological polar surface area (TPSA) is 102 Å². The highest BCUT2D eigenvalue weighted by atomic mass is 16.5. The Morgan fingerprint density at radius 3 is 2.74 bits per heavy atom. The largest absolute Gasteiger partial charge is 0.376 e. The van der Waals surface area contributed by atoms with Gasteiger partial charge in [0.25, 0.3) is 11.5 Å². The van der Waals surface area contributed by atoms with Crippen LogP contribution in [0.5, 0.6) is 0 Å². The molecule has 1 unspecified atom stereocenters. The number of rotatable bonds is 3. The van der Waals surface area contributed by atoms with Crippen molar-refractivity contribution >= 4 is 22.6 Å². The van der Waals surface area contributed by atoms with Gasteiger partial charge in [0.1, 0.15) is 17.4 Å². The molecule has 0 bridgehead atoms. The Hall–Kier alpha value is -4.09. The van der Waals surface area contributed by atoms with Crippen LogP contribution in [0, 0.1) is 25.2 Å². The highest BCUT2D eigenvalue weighted by Crippen LogP contribution is 2.18. The zero-order valence-corrected chi connectivity index (χ0v) is 19.0. The lowest BCUT2D eigenvalue weighted by Crippen LogP contribution is -2.33. The van der Waals surface area contributed by atoms with Crippen molar-refractivity contribution in [2.24, 2.45) is 4.99 Å². The molecule has 0 radical (unpaired) electrons. The minimum absolute atomic E-state index is 0.123. The predicted molar refractivity (Wildman–Crippen MR) is 126 cm³/mol. The molecule has 1 fully saturated rings. The quantitative estimate of drug-likeness (QED) is 0.444. The maximum Gasteiger partial charge on any atom is 0.278 e. The number of nitrogens with zero attached hydrogens (tertiary/aromatic N) is 5. The van der Waals surface area contributed by atoms with Gasteiger partial charge in [0, 0.05) is 18.4 Å². The van der Waals surface area contributed by atoms with Crippen LogP contribution in [0.4, 0.5) is 0 Å². The molecule has 0 saturated carbocycles. The van der Waals surface area contributed by atoms with Crippen LogP contribution in [0.25, 0.3) is 16.7 Å². The second-order valence-corrected chi connectivity index (χ2v) is 8.56. The van der Waals surface area contributed by atoms with Crippen LogP contribution in [-0.4, -0.2) is 32.6 Å². The molecule has 1 amide bonds. The van der Waals surface area contributed by atoms with Crippen molar-refractivity contribution in [2.45, 2.75) is 39.3 Å². The SMILES string of the molecule is Cc1ccc(C(=O)N=c2c(C#N)cc3c(=O)n4cccc(C)c4nc3n2CC2CCCO2)cc1. The fourth-order valence-corrected chi connectivity index (χ4v) is 4.31. The predicted octanol–water partition coefficient (Wildman–Crippen LogP) is 3.06. The van der Waals surface area contributed by atoms with E-state index in [0.29, 0.717) is 35.4 Å². The van der Waals surface area contributed by atoms with Crippen LogP contribution in [0.3, 0.4) is 0 Å². The van der Waals surface area contributed by atoms with Crippen molar-refractivity contribution in [3.05, 3.63) is 86.8 Å². The third-order valence-electron chi connectivity index (χ3n) is 6.14. The van der Waals surface area contributed by atoms with Gasteiger partial charge in [-0.2, -0.15) is 10.3 Å². The Morgan fingerprint density at radius 1 is 1.24 bits per heavy atom. The molecule has 1 atom stereocenters. The highest BCUT2D eigenvalue weighted by Gasteiger charge is 2.21. The average molecular weight is 454 g/mol. The minimum atomic E-state index is -0.467. The van der Waals surface area contributed by atoms with Crippen molar-refractivity contribution in [3.8, 4) is 6.07 Å². The molecule has 4 heterocycles. The number of aromatic nitrogens is 3. The lowest BCUT2D eigenvalue weighted by molar-refractivity contribution is 0.0952. The smallest absolute Gasteiger partial charge is 0.278 e. The normalized spacial score (nSPS) is 16.3. The van der Waals surface area contributed by atoms with Crippen LogP contribution in [0.1, 0.15) is 39.9 Å². The van der Waals surface area contributed by atoms with E-state index in [4.69, 9.17) is 9.72 Å². The van der Waals surface area contributed by atoms with Gasteiger partial charge < -0.3 is 9.30 Å². The number of nitriles is 1. The number of benzene rings is 1. The summed E-state index contributed by atoms with van der Waals surface area (Å²) in [5, 5.41) is 10.2. The summed E-state index contributed by atoms with van der Waals surface area (Å²) < 4.78 is 9.01. The maximum atomic E-state index is 13.4. The van der Waals surface area contributed by atoms with Gasteiger partial charge in [0.2, 0.25) is 0 Å². The Balaban J connectivity index is 1.84. The van der Waals surface area contributed by atoms with Crippen LogP contribution in [0.2, 0.25) is 0 Å². The van der Waals surface area contributed by atoms with Gasteiger partial charge >= 0.3 is 0 Å². The number of carbonyl (C=O) groups excluding carboxylic acids is 1. The molecule has 4 aromatic rings. The molecule has 34 heavy (non-hydrogen) atoms. The van der Waals surface area contributed by atoms with E-state index in [0.717, 1.165) is 24.0 Å². The number of carbonyl (C=O) groups is 1. The number of aryl methyl sites for hydroxylation is 2. The maximum absolute atomic E-state index is 13.4. The highest BCUT2D eigenvalue weighted by molar-refractivity contribution is 5.95. The molecular formula is C26H23N5O3. The number of pyridine rings is 2. The molecule has 1 saturated heterocycles. The Kier molecular flexibility index (Phi) is 5.56. The third-order valence-corrected chi connectivity index (χ3v) is 6.14. The average Bonchev–Trinajstić information content (AvgIpc) is 3.35. The third kappa shape index (κ3) is 3.80. The van der Waals surface area contributed by atoms with Crippen LogP contribution in [0.15, 0.2) is 58.4 Å². The van der Waals surface area contributed by atoms with Crippen LogP contribution >= 0.6 is 0 Å². The standard InChI is InChI=1S/C26H23N5O3/c1-16-7-9-18(10-8-16)25(32)29-23-19(14-27)13-21-24(31(23)15-20-6-4-12-34-20)28-22-17(2)5-3-11-30(22)26(21)33/h3,5,7-11,13,20H,4,6,12,15H2,1-2H3. The first-order valence-corrected chi connectivity index (χ1v) is 11.2. The Bertz CT molecular complexity index is 1600. The number of hydrogen-bond acceptors (Lipinski definition) is 5. The van der Waals surface area contributed by atoms with E-state index in [2.05, 4.69) is 11.1 Å². The fraction of sp³-hybridized carbons (Fsp3) is 0.269. The van der Waals surface area contributed by atoms with E-state index in [1.54, 1.807) is 29.0 Å². The first-order valence-electron chi connectivity index (χ1n) is 11.2. The second-order valence-electron chi connectivity index (χ2n) is 8.56. The summed E-state index contributed by atoms with van der Waals surface area (Å²) >= 11 is 0. The molecule has 1 aromatic carbocycles. The summed E-state index contributed by atoms with van der Waals surface area (Å²) in [6.07, 6.45) is 3.30. The van der Waals surface area contributed by atoms with Gasteiger partial charge in [0.15, 0.2) is 5.49 Å². The van der Waals surface area contributed by atoms with E-state index >= 15 is 0 Å². The molecule has 0 N–H and O–H groups in total. The second kappa shape index (κ2) is 8.69. The van der Waals surface area contributed by atoms with Gasteiger partial charge in [-0.1, -0.05) is 23.8 Å². The zero-order chi connectivity index (χ0) is 23.8. The van der Waals surface area contributed by atoms with E-state index in [1.807, 2.05) is 32.0 Å². The summed E-state index contributed by atoms with van der Waals surface area (Å²) in [5.74, 6) is -0.467. The summed E-state index contributed by atoms with van der Waals surface area (Å²) in [7, 11) is 0.